The van der Waals surface area contributed by atoms with Gasteiger partial charge in [-0.05, 0) is 33.6 Å². The molecule has 0 saturated carbocycles. The van der Waals surface area contributed by atoms with E-state index >= 15 is 0 Å². The highest BCUT2D eigenvalue weighted by molar-refractivity contribution is 5.66. The molecule has 0 saturated heterocycles. The Bertz CT molecular complexity index is 187. The molecule has 0 fully saturated rings. The predicted molar refractivity (Wildman–Crippen MR) is 64.2 cm³/mol. The fourth-order valence-corrected chi connectivity index (χ4v) is 1.27. The van der Waals surface area contributed by atoms with Crippen LogP contribution in [-0.2, 0) is 9.63 Å². The van der Waals surface area contributed by atoms with Gasteiger partial charge >= 0.3 is 5.97 Å². The molecule has 0 aromatic heterocycles. The maximum atomic E-state index is 10.2. The van der Waals surface area contributed by atoms with Crippen molar-refractivity contribution in [1.29, 1.82) is 0 Å². The van der Waals surface area contributed by atoms with Crippen LogP contribution in [0.15, 0.2) is 0 Å². The van der Waals surface area contributed by atoms with E-state index in [0.29, 0.717) is 6.42 Å². The third kappa shape index (κ3) is 13.4. The zero-order valence-electron chi connectivity index (χ0n) is 10.7. The Hall–Kier alpha value is -0.610. The van der Waals surface area contributed by atoms with Gasteiger partial charge in [0.05, 0.1) is 5.60 Å². The first-order valence-electron chi connectivity index (χ1n) is 6.04. The molecule has 96 valence electrons. The Labute approximate surface area is 98.3 Å². The molecular formula is C12H25NO3. The van der Waals surface area contributed by atoms with E-state index in [0.717, 1.165) is 38.6 Å². The first-order valence-corrected chi connectivity index (χ1v) is 6.04. The lowest BCUT2D eigenvalue weighted by molar-refractivity contribution is -0.137. The number of aliphatic carboxylic acids is 1. The zero-order chi connectivity index (χ0) is 12.4. The third-order valence-electron chi connectivity index (χ3n) is 2.05. The van der Waals surface area contributed by atoms with E-state index in [9.17, 15) is 4.79 Å². The van der Waals surface area contributed by atoms with Crippen molar-refractivity contribution in [2.24, 2.45) is 0 Å². The highest BCUT2D eigenvalue weighted by Gasteiger charge is 2.09. The zero-order valence-corrected chi connectivity index (χ0v) is 10.7. The second kappa shape index (κ2) is 8.53. The summed E-state index contributed by atoms with van der Waals surface area (Å²) in [5.74, 6) is -0.694. The number of carboxylic acid groups (broad SMARTS) is 1. The summed E-state index contributed by atoms with van der Waals surface area (Å²) < 4.78 is 0. The lowest BCUT2D eigenvalue weighted by atomic mass is 10.1. The van der Waals surface area contributed by atoms with Crippen LogP contribution < -0.4 is 5.48 Å². The molecule has 0 unspecified atom stereocenters. The van der Waals surface area contributed by atoms with Crippen LogP contribution in [0, 0.1) is 0 Å². The van der Waals surface area contributed by atoms with Crippen LogP contribution in [0.5, 0.6) is 0 Å². The van der Waals surface area contributed by atoms with Crippen molar-refractivity contribution in [3.63, 3.8) is 0 Å². The van der Waals surface area contributed by atoms with E-state index in [1.54, 1.807) is 0 Å². The van der Waals surface area contributed by atoms with Crippen molar-refractivity contribution in [2.45, 2.75) is 64.9 Å². The van der Waals surface area contributed by atoms with Gasteiger partial charge < -0.3 is 5.11 Å². The number of carbonyl (C=O) groups is 1. The second-order valence-electron chi connectivity index (χ2n) is 5.02. The number of rotatable bonds is 9. The molecule has 0 rings (SSSR count). The first-order chi connectivity index (χ1) is 7.42. The van der Waals surface area contributed by atoms with E-state index in [4.69, 9.17) is 9.94 Å². The molecule has 0 aliphatic carbocycles. The normalized spacial score (nSPS) is 11.7. The summed E-state index contributed by atoms with van der Waals surface area (Å²) >= 11 is 0. The topological polar surface area (TPSA) is 58.6 Å². The maximum Gasteiger partial charge on any atom is 0.303 e. The Balaban J connectivity index is 3.07. The number of hydrogen-bond donors (Lipinski definition) is 2. The Morgan fingerprint density at radius 1 is 1.12 bits per heavy atom. The van der Waals surface area contributed by atoms with Gasteiger partial charge in [-0.3, -0.25) is 9.63 Å². The van der Waals surface area contributed by atoms with Crippen LogP contribution in [0.25, 0.3) is 0 Å². The largest absolute Gasteiger partial charge is 0.481 e. The van der Waals surface area contributed by atoms with E-state index in [2.05, 4.69) is 5.48 Å². The second-order valence-corrected chi connectivity index (χ2v) is 5.02. The quantitative estimate of drug-likeness (QED) is 0.473. The molecule has 0 radical (unpaired) electrons. The van der Waals surface area contributed by atoms with Gasteiger partial charge in [0.1, 0.15) is 0 Å². The Kier molecular flexibility index (Phi) is 8.21. The van der Waals surface area contributed by atoms with E-state index in [1.807, 2.05) is 20.8 Å². The van der Waals surface area contributed by atoms with Crippen molar-refractivity contribution in [2.75, 3.05) is 6.54 Å². The summed E-state index contributed by atoms with van der Waals surface area (Å²) in [4.78, 5) is 15.6. The van der Waals surface area contributed by atoms with Crippen LogP contribution in [-0.4, -0.2) is 23.2 Å². The van der Waals surface area contributed by atoms with E-state index in [1.165, 1.54) is 0 Å². The van der Waals surface area contributed by atoms with Gasteiger partial charge in [0.2, 0.25) is 0 Å². The number of unbranched alkanes of at least 4 members (excludes halogenated alkanes) is 4. The average molecular weight is 231 g/mol. The molecule has 0 aromatic carbocycles. The number of hydroxylamine groups is 1. The molecule has 0 heterocycles. The summed E-state index contributed by atoms with van der Waals surface area (Å²) in [6.07, 6.45) is 5.40. The van der Waals surface area contributed by atoms with Gasteiger partial charge in [0.15, 0.2) is 0 Å². The molecule has 0 amide bonds. The van der Waals surface area contributed by atoms with Crippen molar-refractivity contribution >= 4 is 5.97 Å². The summed E-state index contributed by atoms with van der Waals surface area (Å²) in [5.41, 5.74) is 2.80. The van der Waals surface area contributed by atoms with Crippen molar-refractivity contribution in [1.82, 2.24) is 5.48 Å². The maximum absolute atomic E-state index is 10.2. The molecule has 4 heteroatoms. The highest BCUT2D eigenvalue weighted by Crippen LogP contribution is 2.06. The van der Waals surface area contributed by atoms with Crippen LogP contribution >= 0.6 is 0 Å². The van der Waals surface area contributed by atoms with Crippen molar-refractivity contribution in [3.05, 3.63) is 0 Å². The Morgan fingerprint density at radius 3 is 2.25 bits per heavy atom. The SMILES string of the molecule is CC(C)(C)ONCCCCCCCC(=O)O. The number of nitrogens with one attached hydrogen (secondary N) is 1. The summed E-state index contributed by atoms with van der Waals surface area (Å²) in [7, 11) is 0. The van der Waals surface area contributed by atoms with Gasteiger partial charge in [0, 0.05) is 13.0 Å². The molecule has 0 aliphatic rings. The molecular weight excluding hydrogens is 206 g/mol. The lowest BCUT2D eigenvalue weighted by Gasteiger charge is -2.19. The van der Waals surface area contributed by atoms with Crippen LogP contribution in [0.2, 0.25) is 0 Å². The first kappa shape index (κ1) is 15.4. The monoisotopic (exact) mass is 231 g/mol. The molecule has 16 heavy (non-hydrogen) atoms. The number of carboxylic acids is 1. The molecule has 2 N–H and O–H groups in total. The van der Waals surface area contributed by atoms with Gasteiger partial charge in [-0.25, -0.2) is 5.48 Å². The average Bonchev–Trinajstić information content (AvgIpc) is 2.13. The fraction of sp³-hybridized carbons (Fsp3) is 0.917. The minimum Gasteiger partial charge on any atom is -0.481 e. The number of hydrogen-bond acceptors (Lipinski definition) is 3. The summed E-state index contributed by atoms with van der Waals surface area (Å²) in [6.45, 7) is 6.87. The van der Waals surface area contributed by atoms with Gasteiger partial charge in [-0.15, -0.1) is 0 Å². The minimum absolute atomic E-state index is 0.137. The molecule has 0 spiro atoms. The molecule has 0 atom stereocenters. The predicted octanol–water partition coefficient (Wildman–Crippen LogP) is 2.73. The van der Waals surface area contributed by atoms with E-state index in [-0.39, 0.29) is 5.60 Å². The Morgan fingerprint density at radius 2 is 1.69 bits per heavy atom. The molecule has 0 aliphatic heterocycles. The highest BCUT2D eigenvalue weighted by atomic mass is 16.7. The van der Waals surface area contributed by atoms with Crippen LogP contribution in [0.3, 0.4) is 0 Å². The summed E-state index contributed by atoms with van der Waals surface area (Å²) in [5, 5.41) is 8.44. The lowest BCUT2D eigenvalue weighted by Crippen LogP contribution is -2.29. The van der Waals surface area contributed by atoms with Gasteiger partial charge in [-0.2, -0.15) is 0 Å². The van der Waals surface area contributed by atoms with Crippen LogP contribution in [0.1, 0.15) is 59.3 Å². The van der Waals surface area contributed by atoms with Crippen molar-refractivity contribution in [3.8, 4) is 0 Å². The van der Waals surface area contributed by atoms with Crippen LogP contribution in [0.4, 0.5) is 0 Å². The standard InChI is InChI=1S/C12H25NO3/c1-12(2,3)16-13-10-8-6-4-5-7-9-11(14)15/h13H,4-10H2,1-3H3,(H,14,15). The van der Waals surface area contributed by atoms with Gasteiger partial charge in [-0.1, -0.05) is 19.3 Å². The molecule has 0 aromatic rings. The smallest absolute Gasteiger partial charge is 0.303 e. The third-order valence-corrected chi connectivity index (χ3v) is 2.05. The van der Waals surface area contributed by atoms with E-state index < -0.39 is 5.97 Å². The summed E-state index contributed by atoms with van der Waals surface area (Å²) in [6, 6.07) is 0. The molecule has 0 bridgehead atoms. The molecule has 4 nitrogen and oxygen atoms in total. The fourth-order valence-electron chi connectivity index (χ4n) is 1.27. The van der Waals surface area contributed by atoms with Crippen molar-refractivity contribution < 1.29 is 14.7 Å². The minimum atomic E-state index is -0.694. The van der Waals surface area contributed by atoms with Gasteiger partial charge in [0.25, 0.3) is 0 Å².